The summed E-state index contributed by atoms with van der Waals surface area (Å²) in [6.45, 7) is 4.95. The lowest BCUT2D eigenvalue weighted by atomic mass is 10.0. The SMILES string of the molecule is COc1ccccc1NC(=S)N(Cc1cccnc1)Cc1cc2cc(C)c(C)cc2[nH]c1=O. The molecular weight excluding hydrogens is 432 g/mol. The zero-order valence-electron chi connectivity index (χ0n) is 18.9. The summed E-state index contributed by atoms with van der Waals surface area (Å²) in [5, 5.41) is 4.76. The molecule has 0 unspecified atom stereocenters. The summed E-state index contributed by atoms with van der Waals surface area (Å²) in [6, 6.07) is 17.5. The number of nitrogens with zero attached hydrogens (tertiary/aromatic N) is 2. The molecule has 0 bridgehead atoms. The molecule has 4 aromatic rings. The van der Waals surface area contributed by atoms with Gasteiger partial charge >= 0.3 is 0 Å². The molecule has 0 fully saturated rings. The second kappa shape index (κ2) is 9.83. The van der Waals surface area contributed by atoms with Crippen LogP contribution in [0.4, 0.5) is 5.69 Å². The third kappa shape index (κ3) is 5.21. The van der Waals surface area contributed by atoms with Gasteiger partial charge in [0.05, 0.1) is 19.3 Å². The van der Waals surface area contributed by atoms with E-state index in [-0.39, 0.29) is 5.56 Å². The number of nitrogens with one attached hydrogen (secondary N) is 2. The molecule has 0 amide bonds. The van der Waals surface area contributed by atoms with E-state index in [0.29, 0.717) is 29.5 Å². The maximum absolute atomic E-state index is 12.9. The fourth-order valence-corrected chi connectivity index (χ4v) is 3.94. The molecule has 6 nitrogen and oxygen atoms in total. The normalized spacial score (nSPS) is 10.8. The summed E-state index contributed by atoms with van der Waals surface area (Å²) >= 11 is 5.77. The lowest BCUT2D eigenvalue weighted by Gasteiger charge is -2.26. The van der Waals surface area contributed by atoms with E-state index in [1.54, 1.807) is 19.5 Å². The molecule has 33 heavy (non-hydrogen) atoms. The number of aryl methyl sites for hydroxylation is 2. The largest absolute Gasteiger partial charge is 0.495 e. The van der Waals surface area contributed by atoms with E-state index in [4.69, 9.17) is 17.0 Å². The molecule has 0 radical (unpaired) electrons. The summed E-state index contributed by atoms with van der Waals surface area (Å²) in [5.41, 5.74) is 5.43. The van der Waals surface area contributed by atoms with Crippen LogP contribution in [0.2, 0.25) is 0 Å². The zero-order chi connectivity index (χ0) is 23.4. The second-order valence-electron chi connectivity index (χ2n) is 8.00. The molecule has 0 saturated carbocycles. The number of pyridine rings is 2. The zero-order valence-corrected chi connectivity index (χ0v) is 19.7. The van der Waals surface area contributed by atoms with Gasteiger partial charge in [0.2, 0.25) is 0 Å². The van der Waals surface area contributed by atoms with E-state index < -0.39 is 0 Å². The number of thiocarbonyl (C=S) groups is 1. The Kier molecular flexibility index (Phi) is 6.70. The maximum Gasteiger partial charge on any atom is 0.253 e. The van der Waals surface area contributed by atoms with Gasteiger partial charge < -0.3 is 19.9 Å². The summed E-state index contributed by atoms with van der Waals surface area (Å²) in [4.78, 5) is 22.1. The third-order valence-electron chi connectivity index (χ3n) is 5.63. The van der Waals surface area contributed by atoms with Crippen LogP contribution in [0, 0.1) is 13.8 Å². The lowest BCUT2D eigenvalue weighted by molar-refractivity contribution is 0.407. The highest BCUT2D eigenvalue weighted by Crippen LogP contribution is 2.24. The molecule has 0 aliphatic carbocycles. The second-order valence-corrected chi connectivity index (χ2v) is 8.38. The van der Waals surface area contributed by atoms with Crippen LogP contribution in [-0.2, 0) is 13.1 Å². The highest BCUT2D eigenvalue weighted by atomic mass is 32.1. The number of hydrogen-bond donors (Lipinski definition) is 2. The Morgan fingerprint density at radius 3 is 2.64 bits per heavy atom. The van der Waals surface area contributed by atoms with Gasteiger partial charge in [-0.05, 0) is 84.5 Å². The number of aromatic amines is 1. The molecule has 4 rings (SSSR count). The van der Waals surface area contributed by atoms with Crippen LogP contribution in [0.25, 0.3) is 10.9 Å². The third-order valence-corrected chi connectivity index (χ3v) is 5.99. The van der Waals surface area contributed by atoms with Crippen LogP contribution < -0.4 is 15.6 Å². The first-order valence-electron chi connectivity index (χ1n) is 10.7. The number of aromatic nitrogens is 2. The number of H-pyrrole nitrogens is 1. The smallest absolute Gasteiger partial charge is 0.253 e. The molecule has 0 atom stereocenters. The van der Waals surface area contributed by atoms with E-state index >= 15 is 0 Å². The standard InChI is InChI=1S/C26H26N4O2S/c1-17-11-20-13-21(25(31)28-23(20)12-18(17)2)16-30(15-19-7-6-10-27-14-19)26(33)29-22-8-4-5-9-24(22)32-3/h4-14H,15-16H2,1-3H3,(H,28,31)(H,29,33). The Bertz CT molecular complexity index is 1350. The van der Waals surface area contributed by atoms with E-state index in [9.17, 15) is 4.79 Å². The van der Waals surface area contributed by atoms with Crippen LogP contribution in [0.3, 0.4) is 0 Å². The summed E-state index contributed by atoms with van der Waals surface area (Å²) in [7, 11) is 1.62. The number of hydrogen-bond acceptors (Lipinski definition) is 4. The van der Waals surface area contributed by atoms with Gasteiger partial charge in [0.15, 0.2) is 5.11 Å². The number of para-hydroxylation sites is 2. The van der Waals surface area contributed by atoms with Gasteiger partial charge in [-0.2, -0.15) is 0 Å². The van der Waals surface area contributed by atoms with Gasteiger partial charge in [-0.25, -0.2) is 0 Å². The average Bonchev–Trinajstić information content (AvgIpc) is 2.81. The highest BCUT2D eigenvalue weighted by Gasteiger charge is 2.16. The Morgan fingerprint density at radius 2 is 1.88 bits per heavy atom. The highest BCUT2D eigenvalue weighted by molar-refractivity contribution is 7.80. The number of ether oxygens (including phenoxy) is 1. The van der Waals surface area contributed by atoms with Gasteiger partial charge in [-0.3, -0.25) is 9.78 Å². The quantitative estimate of drug-likeness (QED) is 0.399. The number of anilines is 1. The molecule has 0 spiro atoms. The molecule has 2 aromatic heterocycles. The predicted octanol–water partition coefficient (Wildman–Crippen LogP) is 4.95. The van der Waals surface area contributed by atoms with E-state index in [1.807, 2.05) is 60.4 Å². The number of fused-ring (bicyclic) bond motifs is 1. The van der Waals surface area contributed by atoms with Crippen molar-refractivity contribution in [3.05, 3.63) is 99.6 Å². The van der Waals surface area contributed by atoms with Crippen molar-refractivity contribution in [3.8, 4) is 5.75 Å². The maximum atomic E-state index is 12.9. The van der Waals surface area contributed by atoms with Gasteiger partial charge in [-0.15, -0.1) is 0 Å². The van der Waals surface area contributed by atoms with Gasteiger partial charge in [0, 0.05) is 30.0 Å². The first-order valence-corrected chi connectivity index (χ1v) is 11.1. The molecule has 168 valence electrons. The minimum atomic E-state index is -0.123. The van der Waals surface area contributed by atoms with Crippen molar-refractivity contribution in [1.29, 1.82) is 0 Å². The molecule has 7 heteroatoms. The van der Waals surface area contributed by atoms with Crippen molar-refractivity contribution in [2.24, 2.45) is 0 Å². The first-order chi connectivity index (χ1) is 15.9. The number of benzene rings is 2. The average molecular weight is 459 g/mol. The van der Waals surface area contributed by atoms with Gasteiger partial charge in [0.25, 0.3) is 5.56 Å². The molecule has 0 aliphatic rings. The van der Waals surface area contributed by atoms with E-state index in [0.717, 1.165) is 27.7 Å². The van der Waals surface area contributed by atoms with Crippen molar-refractivity contribution in [2.45, 2.75) is 26.9 Å². The minimum absolute atomic E-state index is 0.123. The van der Waals surface area contributed by atoms with Crippen molar-refractivity contribution < 1.29 is 4.74 Å². The van der Waals surface area contributed by atoms with Crippen LogP contribution in [0.5, 0.6) is 5.75 Å². The van der Waals surface area contributed by atoms with E-state index in [2.05, 4.69) is 28.3 Å². The van der Waals surface area contributed by atoms with Gasteiger partial charge in [-0.1, -0.05) is 18.2 Å². The number of rotatable bonds is 6. The monoisotopic (exact) mass is 458 g/mol. The molecule has 0 aliphatic heterocycles. The molecule has 2 heterocycles. The van der Waals surface area contributed by atoms with Crippen molar-refractivity contribution in [1.82, 2.24) is 14.9 Å². The van der Waals surface area contributed by atoms with Crippen LogP contribution in [0.1, 0.15) is 22.3 Å². The Labute approximate surface area is 198 Å². The summed E-state index contributed by atoms with van der Waals surface area (Å²) < 4.78 is 5.44. The molecular formula is C26H26N4O2S. The van der Waals surface area contributed by atoms with Crippen molar-refractivity contribution in [2.75, 3.05) is 12.4 Å². The predicted molar refractivity (Wildman–Crippen MR) is 137 cm³/mol. The van der Waals surface area contributed by atoms with Crippen LogP contribution in [0.15, 0.2) is 71.8 Å². The number of methoxy groups -OCH3 is 1. The molecule has 2 N–H and O–H groups in total. The first kappa shape index (κ1) is 22.5. The molecule has 0 saturated heterocycles. The Balaban J connectivity index is 1.67. The van der Waals surface area contributed by atoms with Crippen LogP contribution >= 0.6 is 12.2 Å². The fourth-order valence-electron chi connectivity index (χ4n) is 3.70. The van der Waals surface area contributed by atoms with Crippen molar-refractivity contribution >= 4 is 33.9 Å². The summed E-state index contributed by atoms with van der Waals surface area (Å²) in [5.74, 6) is 0.690. The minimum Gasteiger partial charge on any atom is -0.495 e. The Hall–Kier alpha value is -3.71. The van der Waals surface area contributed by atoms with Gasteiger partial charge in [0.1, 0.15) is 5.75 Å². The topological polar surface area (TPSA) is 70.2 Å². The summed E-state index contributed by atoms with van der Waals surface area (Å²) in [6.07, 6.45) is 3.53. The van der Waals surface area contributed by atoms with Crippen LogP contribution in [-0.4, -0.2) is 27.1 Å². The fraction of sp³-hybridized carbons (Fsp3) is 0.192. The Morgan fingerprint density at radius 1 is 1.09 bits per heavy atom. The lowest BCUT2D eigenvalue weighted by Crippen LogP contribution is -2.35. The molecule has 2 aromatic carbocycles. The van der Waals surface area contributed by atoms with Crippen molar-refractivity contribution in [3.63, 3.8) is 0 Å². The van der Waals surface area contributed by atoms with E-state index in [1.165, 1.54) is 5.56 Å².